The smallest absolute Gasteiger partial charge is 0.102 e. The molecule has 3 aromatic heterocycles. The van der Waals surface area contributed by atoms with Crippen LogP contribution in [0.3, 0.4) is 0 Å². The van der Waals surface area contributed by atoms with Crippen LogP contribution in [0, 0.1) is 5.92 Å². The minimum Gasteiger partial charge on any atom is -0.346 e. The van der Waals surface area contributed by atoms with E-state index < -0.39 is 0 Å². The highest BCUT2D eigenvalue weighted by atomic mass is 32.1. The summed E-state index contributed by atoms with van der Waals surface area (Å²) in [4.78, 5) is 6.42. The molecule has 0 spiro atoms. The van der Waals surface area contributed by atoms with Gasteiger partial charge < -0.3 is 4.98 Å². The Balaban J connectivity index is 1.82. The third-order valence-corrected chi connectivity index (χ3v) is 5.99. The van der Waals surface area contributed by atoms with Crippen LogP contribution in [0.15, 0.2) is 17.5 Å². The topological polar surface area (TPSA) is 15.8 Å². The number of thiophene rings is 2. The van der Waals surface area contributed by atoms with Crippen molar-refractivity contribution in [3.63, 3.8) is 0 Å². The van der Waals surface area contributed by atoms with E-state index in [2.05, 4.69) is 36.3 Å². The first-order valence-corrected chi connectivity index (χ1v) is 8.99. The lowest BCUT2D eigenvalue weighted by Gasteiger charge is -2.12. The second kappa shape index (κ2) is 5.68. The molecule has 102 valence electrons. The van der Waals surface area contributed by atoms with Gasteiger partial charge in [-0.25, -0.2) is 0 Å². The number of aromatic nitrogens is 1. The van der Waals surface area contributed by atoms with Gasteiger partial charge in [0.05, 0.1) is 10.2 Å². The van der Waals surface area contributed by atoms with E-state index in [1.54, 1.807) is 16.2 Å². The van der Waals surface area contributed by atoms with Crippen molar-refractivity contribution < 1.29 is 0 Å². The number of unbranched alkanes of at least 4 members (excludes halogenated alkanes) is 1. The number of H-pyrrole nitrogens is 1. The molecule has 3 heteroatoms. The van der Waals surface area contributed by atoms with Gasteiger partial charge in [-0.1, -0.05) is 39.5 Å². The Kier molecular flexibility index (Phi) is 3.94. The summed E-state index contributed by atoms with van der Waals surface area (Å²) in [5.74, 6) is 0.862. The third-order valence-electron chi connectivity index (χ3n) is 3.97. The van der Waals surface area contributed by atoms with E-state index in [0.29, 0.717) is 0 Å². The molecule has 19 heavy (non-hydrogen) atoms. The number of nitrogens with one attached hydrogen (secondary N) is 1. The number of hydrogen-bond donors (Lipinski definition) is 1. The molecule has 3 rings (SSSR count). The molecule has 0 saturated heterocycles. The summed E-state index contributed by atoms with van der Waals surface area (Å²) in [7, 11) is 0. The highest BCUT2D eigenvalue weighted by Gasteiger charge is 2.13. The Morgan fingerprint density at radius 3 is 3.00 bits per heavy atom. The summed E-state index contributed by atoms with van der Waals surface area (Å²) >= 11 is 3.79. The van der Waals surface area contributed by atoms with Crippen molar-refractivity contribution in [3.8, 4) is 0 Å². The van der Waals surface area contributed by atoms with E-state index in [-0.39, 0.29) is 0 Å². The fourth-order valence-electron chi connectivity index (χ4n) is 2.77. The predicted octanol–water partition coefficient (Wildman–Crippen LogP) is 6.20. The summed E-state index contributed by atoms with van der Waals surface area (Å²) in [6.07, 6.45) is 6.63. The van der Waals surface area contributed by atoms with Gasteiger partial charge in [-0.2, -0.15) is 0 Å². The van der Waals surface area contributed by atoms with E-state index >= 15 is 0 Å². The lowest BCUT2D eigenvalue weighted by atomic mass is 9.95. The van der Waals surface area contributed by atoms with Crippen molar-refractivity contribution in [2.75, 3.05) is 0 Å². The molecular weight excluding hydrogens is 270 g/mol. The highest BCUT2D eigenvalue weighted by molar-refractivity contribution is 7.22. The molecule has 0 amide bonds. The van der Waals surface area contributed by atoms with Crippen molar-refractivity contribution in [3.05, 3.63) is 22.4 Å². The minimum absolute atomic E-state index is 0.862. The maximum Gasteiger partial charge on any atom is 0.102 e. The fourth-order valence-corrected chi connectivity index (χ4v) is 4.90. The molecule has 0 aliphatic rings. The maximum atomic E-state index is 3.54. The first-order valence-electron chi connectivity index (χ1n) is 7.29. The normalized spacial score (nSPS) is 13.6. The van der Waals surface area contributed by atoms with Crippen molar-refractivity contribution in [1.29, 1.82) is 0 Å². The second-order valence-corrected chi connectivity index (χ2v) is 7.42. The molecule has 0 aliphatic heterocycles. The van der Waals surface area contributed by atoms with Gasteiger partial charge >= 0.3 is 0 Å². The van der Waals surface area contributed by atoms with Crippen LogP contribution < -0.4 is 0 Å². The zero-order chi connectivity index (χ0) is 13.2. The van der Waals surface area contributed by atoms with Gasteiger partial charge in [0.1, 0.15) is 4.83 Å². The maximum absolute atomic E-state index is 3.54. The Morgan fingerprint density at radius 1 is 1.32 bits per heavy atom. The Hall–Kier alpha value is -0.800. The standard InChI is InChI=1S/C16H21NS2/c1-3-5-6-11(4-2)9-12-10-14-15(19-12)13-7-8-18-16(13)17-14/h7-8,10-11,17H,3-6,9H2,1-2H3. The average molecular weight is 291 g/mol. The van der Waals surface area contributed by atoms with Gasteiger partial charge in [0.25, 0.3) is 0 Å². The quantitative estimate of drug-likeness (QED) is 0.556. The Morgan fingerprint density at radius 2 is 2.21 bits per heavy atom. The van der Waals surface area contributed by atoms with Gasteiger partial charge in [-0.05, 0) is 29.9 Å². The van der Waals surface area contributed by atoms with E-state index in [1.165, 1.54) is 52.5 Å². The first-order chi connectivity index (χ1) is 9.31. The number of fused-ring (bicyclic) bond motifs is 3. The number of hydrogen-bond acceptors (Lipinski definition) is 2. The van der Waals surface area contributed by atoms with Crippen LogP contribution in [0.1, 0.15) is 44.4 Å². The zero-order valence-corrected chi connectivity index (χ0v) is 13.3. The van der Waals surface area contributed by atoms with Gasteiger partial charge in [-0.15, -0.1) is 22.7 Å². The van der Waals surface area contributed by atoms with Gasteiger partial charge in [-0.3, -0.25) is 0 Å². The van der Waals surface area contributed by atoms with Crippen LogP contribution in [0.25, 0.3) is 20.4 Å². The second-order valence-electron chi connectivity index (χ2n) is 5.36. The van der Waals surface area contributed by atoms with Gasteiger partial charge in [0.2, 0.25) is 0 Å². The van der Waals surface area contributed by atoms with E-state index in [4.69, 9.17) is 0 Å². The molecular formula is C16H21NS2. The van der Waals surface area contributed by atoms with Crippen molar-refractivity contribution in [1.82, 2.24) is 4.98 Å². The molecule has 0 fully saturated rings. The number of aromatic amines is 1. The van der Waals surface area contributed by atoms with Crippen LogP contribution in [0.2, 0.25) is 0 Å². The molecule has 3 heterocycles. The summed E-state index contributed by atoms with van der Waals surface area (Å²) in [6, 6.07) is 4.62. The molecule has 0 bridgehead atoms. The summed E-state index contributed by atoms with van der Waals surface area (Å²) in [5.41, 5.74) is 1.34. The molecule has 0 aliphatic carbocycles. The molecule has 3 aromatic rings. The third kappa shape index (κ3) is 2.59. The van der Waals surface area contributed by atoms with Gasteiger partial charge in [0, 0.05) is 10.3 Å². The monoisotopic (exact) mass is 291 g/mol. The fraction of sp³-hybridized carbons (Fsp3) is 0.500. The molecule has 0 saturated carbocycles. The average Bonchev–Trinajstić information content (AvgIpc) is 3.06. The molecule has 0 radical (unpaired) electrons. The minimum atomic E-state index is 0.862. The van der Waals surface area contributed by atoms with Gasteiger partial charge in [0.15, 0.2) is 0 Å². The molecule has 1 atom stereocenters. The van der Waals surface area contributed by atoms with Crippen LogP contribution in [-0.2, 0) is 6.42 Å². The first kappa shape index (κ1) is 13.2. The van der Waals surface area contributed by atoms with Crippen molar-refractivity contribution >= 4 is 43.1 Å². The summed E-state index contributed by atoms with van der Waals surface area (Å²) in [6.45, 7) is 4.62. The molecule has 1 nitrogen and oxygen atoms in total. The van der Waals surface area contributed by atoms with Crippen LogP contribution >= 0.6 is 22.7 Å². The molecule has 1 unspecified atom stereocenters. The predicted molar refractivity (Wildman–Crippen MR) is 88.6 cm³/mol. The summed E-state index contributed by atoms with van der Waals surface area (Å²) < 4.78 is 1.46. The highest BCUT2D eigenvalue weighted by Crippen LogP contribution is 2.36. The SMILES string of the molecule is CCCCC(CC)Cc1cc2[nH]c3sccc3c2s1. The van der Waals surface area contributed by atoms with Crippen molar-refractivity contribution in [2.45, 2.75) is 46.0 Å². The lowest BCUT2D eigenvalue weighted by Crippen LogP contribution is -2.01. The largest absolute Gasteiger partial charge is 0.346 e. The lowest BCUT2D eigenvalue weighted by molar-refractivity contribution is 0.452. The van der Waals surface area contributed by atoms with Crippen LogP contribution in [0.5, 0.6) is 0 Å². The van der Waals surface area contributed by atoms with E-state index in [1.807, 2.05) is 11.3 Å². The molecule has 1 N–H and O–H groups in total. The number of rotatable bonds is 6. The Labute approximate surface area is 122 Å². The molecule has 0 aromatic carbocycles. The van der Waals surface area contributed by atoms with E-state index in [0.717, 1.165) is 5.92 Å². The van der Waals surface area contributed by atoms with E-state index in [9.17, 15) is 0 Å². The Bertz CT molecular complexity index is 659. The summed E-state index contributed by atoms with van der Waals surface area (Å²) in [5, 5.41) is 3.59. The van der Waals surface area contributed by atoms with Crippen LogP contribution in [-0.4, -0.2) is 4.98 Å². The zero-order valence-electron chi connectivity index (χ0n) is 11.7. The van der Waals surface area contributed by atoms with Crippen molar-refractivity contribution in [2.24, 2.45) is 5.92 Å². The van der Waals surface area contributed by atoms with Crippen LogP contribution in [0.4, 0.5) is 0 Å².